The first kappa shape index (κ1) is 18.5. The number of nitrogens with zero attached hydrogens (tertiary/aromatic N) is 4. The average molecular weight is 391 g/mol. The van der Waals surface area contributed by atoms with E-state index in [1.807, 2.05) is 38.1 Å². The van der Waals surface area contributed by atoms with Gasteiger partial charge in [0.25, 0.3) is 0 Å². The molecular formula is C18H19ClN4O2S. The monoisotopic (exact) mass is 390 g/mol. The largest absolute Gasteiger partial charge is 0.486 e. The number of aryl methyl sites for hydroxylation is 2. The lowest BCUT2D eigenvalue weighted by molar-refractivity contribution is 0.269. The van der Waals surface area contributed by atoms with E-state index < -0.39 is 0 Å². The summed E-state index contributed by atoms with van der Waals surface area (Å²) in [6.45, 7) is 6.30. The summed E-state index contributed by atoms with van der Waals surface area (Å²) in [5, 5.41) is 13.7. The zero-order valence-corrected chi connectivity index (χ0v) is 16.3. The second-order valence-electron chi connectivity index (χ2n) is 5.60. The van der Waals surface area contributed by atoms with Crippen molar-refractivity contribution < 1.29 is 9.15 Å². The van der Waals surface area contributed by atoms with Crippen LogP contribution in [0.3, 0.4) is 0 Å². The Morgan fingerprint density at radius 2 is 2.08 bits per heavy atom. The summed E-state index contributed by atoms with van der Waals surface area (Å²) in [5.74, 6) is 3.01. The Hall–Kier alpha value is -2.25. The van der Waals surface area contributed by atoms with Crippen LogP contribution in [-0.4, -0.2) is 26.8 Å². The van der Waals surface area contributed by atoms with Crippen LogP contribution in [0.5, 0.6) is 5.75 Å². The first-order chi connectivity index (χ1) is 12.6. The lowest BCUT2D eigenvalue weighted by atomic mass is 10.1. The molecule has 0 unspecified atom stereocenters. The SMILES string of the molecule is CCSc1nncn1/N=C/c1ccc(COc2cc(C)c(Cl)c(C)c2)o1. The summed E-state index contributed by atoms with van der Waals surface area (Å²) >= 11 is 7.75. The molecule has 2 aromatic heterocycles. The molecule has 136 valence electrons. The minimum atomic E-state index is 0.331. The quantitative estimate of drug-likeness (QED) is 0.431. The maximum absolute atomic E-state index is 6.18. The van der Waals surface area contributed by atoms with Crippen molar-refractivity contribution in [3.05, 3.63) is 58.3 Å². The molecule has 26 heavy (non-hydrogen) atoms. The molecule has 0 aliphatic carbocycles. The Morgan fingerprint density at radius 1 is 1.31 bits per heavy atom. The topological polar surface area (TPSA) is 65.4 Å². The van der Waals surface area contributed by atoms with Crippen molar-refractivity contribution in [2.45, 2.75) is 32.5 Å². The van der Waals surface area contributed by atoms with Gasteiger partial charge in [0.15, 0.2) is 0 Å². The molecule has 8 heteroatoms. The molecule has 2 heterocycles. The summed E-state index contributed by atoms with van der Waals surface area (Å²) in [4.78, 5) is 0. The van der Waals surface area contributed by atoms with E-state index >= 15 is 0 Å². The summed E-state index contributed by atoms with van der Waals surface area (Å²) in [6, 6.07) is 7.54. The van der Waals surface area contributed by atoms with Crippen molar-refractivity contribution in [3.63, 3.8) is 0 Å². The lowest BCUT2D eigenvalue weighted by Gasteiger charge is -2.08. The summed E-state index contributed by atoms with van der Waals surface area (Å²) in [5.41, 5.74) is 1.98. The zero-order valence-electron chi connectivity index (χ0n) is 14.8. The minimum Gasteiger partial charge on any atom is -0.486 e. The van der Waals surface area contributed by atoms with E-state index in [0.717, 1.165) is 32.8 Å². The summed E-state index contributed by atoms with van der Waals surface area (Å²) in [7, 11) is 0. The third-order valence-corrected chi connectivity index (χ3v) is 4.97. The number of rotatable bonds is 7. The molecule has 0 N–H and O–H groups in total. The fraction of sp³-hybridized carbons (Fsp3) is 0.278. The third-order valence-electron chi connectivity index (χ3n) is 3.56. The lowest BCUT2D eigenvalue weighted by Crippen LogP contribution is -1.95. The van der Waals surface area contributed by atoms with Crippen LogP contribution >= 0.6 is 23.4 Å². The van der Waals surface area contributed by atoms with Gasteiger partial charge in [-0.1, -0.05) is 30.3 Å². The number of halogens is 1. The fourth-order valence-corrected chi connectivity index (χ4v) is 3.03. The van der Waals surface area contributed by atoms with E-state index in [0.29, 0.717) is 18.1 Å². The van der Waals surface area contributed by atoms with Crippen LogP contribution in [0, 0.1) is 13.8 Å². The van der Waals surface area contributed by atoms with Crippen LogP contribution in [0.1, 0.15) is 29.6 Å². The van der Waals surface area contributed by atoms with E-state index in [1.54, 1.807) is 29.0 Å². The van der Waals surface area contributed by atoms with Gasteiger partial charge in [-0.2, -0.15) is 9.78 Å². The fourth-order valence-electron chi connectivity index (χ4n) is 2.33. The Labute approximate surface area is 161 Å². The number of ether oxygens (including phenoxy) is 1. The maximum atomic E-state index is 6.18. The molecule has 0 saturated carbocycles. The standard InChI is InChI=1S/C18H19ClN4O2S/c1-4-26-18-22-20-11-23(18)21-9-14-5-6-15(25-14)10-24-16-7-12(2)17(19)13(3)8-16/h5-9,11H,4,10H2,1-3H3/b21-9+. The van der Waals surface area contributed by atoms with Gasteiger partial charge in [0.05, 0.1) is 6.21 Å². The predicted octanol–water partition coefficient (Wildman–Crippen LogP) is 4.71. The van der Waals surface area contributed by atoms with E-state index in [1.165, 1.54) is 0 Å². The number of benzene rings is 1. The van der Waals surface area contributed by atoms with Gasteiger partial charge in [0, 0.05) is 5.02 Å². The zero-order chi connectivity index (χ0) is 18.5. The average Bonchev–Trinajstić information content (AvgIpc) is 3.25. The number of hydrogen-bond acceptors (Lipinski definition) is 6. The van der Waals surface area contributed by atoms with E-state index in [4.69, 9.17) is 20.8 Å². The Bertz CT molecular complexity index is 897. The third kappa shape index (κ3) is 4.47. The minimum absolute atomic E-state index is 0.331. The van der Waals surface area contributed by atoms with Crippen molar-refractivity contribution in [1.82, 2.24) is 14.9 Å². The van der Waals surface area contributed by atoms with Crippen LogP contribution in [0.4, 0.5) is 0 Å². The van der Waals surface area contributed by atoms with E-state index in [2.05, 4.69) is 22.2 Å². The molecule has 0 radical (unpaired) electrons. The van der Waals surface area contributed by atoms with Crippen molar-refractivity contribution in [2.24, 2.45) is 5.10 Å². The summed E-state index contributed by atoms with van der Waals surface area (Å²) < 4.78 is 13.1. The van der Waals surface area contributed by atoms with E-state index in [-0.39, 0.29) is 0 Å². The van der Waals surface area contributed by atoms with Crippen molar-refractivity contribution in [1.29, 1.82) is 0 Å². The molecule has 0 atom stereocenters. The Balaban J connectivity index is 1.63. The molecule has 0 aliphatic heterocycles. The van der Waals surface area contributed by atoms with Crippen LogP contribution in [0.15, 0.2) is 45.3 Å². The van der Waals surface area contributed by atoms with E-state index in [9.17, 15) is 0 Å². The molecular weight excluding hydrogens is 372 g/mol. The van der Waals surface area contributed by atoms with Crippen molar-refractivity contribution in [2.75, 3.05) is 5.75 Å². The van der Waals surface area contributed by atoms with Gasteiger partial charge >= 0.3 is 0 Å². The maximum Gasteiger partial charge on any atom is 0.211 e. The molecule has 0 amide bonds. The number of thioether (sulfide) groups is 1. The van der Waals surface area contributed by atoms with Crippen LogP contribution in [0.25, 0.3) is 0 Å². The molecule has 3 aromatic rings. The highest BCUT2D eigenvalue weighted by Crippen LogP contribution is 2.26. The van der Waals surface area contributed by atoms with Gasteiger partial charge in [-0.3, -0.25) is 0 Å². The molecule has 0 aliphatic rings. The summed E-state index contributed by atoms with van der Waals surface area (Å²) in [6.07, 6.45) is 3.19. The van der Waals surface area contributed by atoms with Gasteiger partial charge < -0.3 is 9.15 Å². The molecule has 0 fully saturated rings. The molecule has 3 rings (SSSR count). The number of hydrogen-bond donors (Lipinski definition) is 0. The van der Waals surface area contributed by atoms with Crippen LogP contribution in [0.2, 0.25) is 5.02 Å². The van der Waals surface area contributed by atoms with Crippen LogP contribution < -0.4 is 4.74 Å². The smallest absolute Gasteiger partial charge is 0.211 e. The molecule has 6 nitrogen and oxygen atoms in total. The van der Waals surface area contributed by atoms with Gasteiger partial charge in [0.1, 0.15) is 30.2 Å². The Morgan fingerprint density at radius 3 is 2.81 bits per heavy atom. The highest BCUT2D eigenvalue weighted by atomic mass is 35.5. The van der Waals surface area contributed by atoms with Gasteiger partial charge in [-0.15, -0.1) is 10.2 Å². The van der Waals surface area contributed by atoms with Crippen LogP contribution in [-0.2, 0) is 6.61 Å². The van der Waals surface area contributed by atoms with Gasteiger partial charge in [-0.25, -0.2) is 0 Å². The number of furan rings is 1. The highest BCUT2D eigenvalue weighted by Gasteiger charge is 2.06. The van der Waals surface area contributed by atoms with Crippen molar-refractivity contribution >= 4 is 29.6 Å². The molecule has 1 aromatic carbocycles. The Kier molecular flexibility index (Phi) is 6.00. The number of aromatic nitrogens is 3. The first-order valence-corrected chi connectivity index (χ1v) is 9.48. The highest BCUT2D eigenvalue weighted by molar-refractivity contribution is 7.99. The second kappa shape index (κ2) is 8.42. The van der Waals surface area contributed by atoms with Gasteiger partial charge in [-0.05, 0) is 55.0 Å². The molecule has 0 bridgehead atoms. The predicted molar refractivity (Wildman–Crippen MR) is 103 cm³/mol. The first-order valence-electron chi connectivity index (χ1n) is 8.12. The van der Waals surface area contributed by atoms with Gasteiger partial charge in [0.2, 0.25) is 5.16 Å². The second-order valence-corrected chi connectivity index (χ2v) is 7.21. The molecule has 0 spiro atoms. The van der Waals surface area contributed by atoms with Crippen molar-refractivity contribution in [3.8, 4) is 5.75 Å². The molecule has 0 saturated heterocycles. The normalized spacial score (nSPS) is 11.4.